The molecule has 0 amide bonds. The Hall–Kier alpha value is -2.24. The molecule has 148 valence electrons. The third-order valence-corrected chi connectivity index (χ3v) is 5.90. The monoisotopic (exact) mass is 378 g/mol. The zero-order valence-corrected chi connectivity index (χ0v) is 17.0. The highest BCUT2D eigenvalue weighted by molar-refractivity contribution is 5.57. The van der Waals surface area contributed by atoms with Crippen molar-refractivity contribution in [1.29, 1.82) is 0 Å². The number of nitrogens with zero attached hydrogens (tertiary/aromatic N) is 4. The molecule has 2 aliphatic heterocycles. The third-order valence-electron chi connectivity index (χ3n) is 5.90. The smallest absolute Gasteiger partial charge is 0.131 e. The fourth-order valence-electron chi connectivity index (χ4n) is 4.18. The van der Waals surface area contributed by atoms with E-state index in [4.69, 9.17) is 14.7 Å². The number of likely N-dealkylation sites (N-methyl/N-ethyl adjacent to an activating group) is 1. The van der Waals surface area contributed by atoms with E-state index in [1.807, 2.05) is 18.2 Å². The van der Waals surface area contributed by atoms with Crippen molar-refractivity contribution in [3.63, 3.8) is 0 Å². The van der Waals surface area contributed by atoms with Crippen LogP contribution in [0.5, 0.6) is 5.75 Å². The molecule has 1 saturated heterocycles. The Kier molecular flexibility index (Phi) is 6.03. The highest BCUT2D eigenvalue weighted by Crippen LogP contribution is 2.27. The summed E-state index contributed by atoms with van der Waals surface area (Å²) in [5.74, 6) is 2.49. The molecule has 28 heavy (non-hydrogen) atoms. The van der Waals surface area contributed by atoms with Crippen LogP contribution in [0.25, 0.3) is 6.08 Å². The van der Waals surface area contributed by atoms with E-state index in [1.54, 1.807) is 7.11 Å². The number of ether oxygens (including phenoxy) is 1. The number of hydrogen-bond acceptors (Lipinski definition) is 5. The van der Waals surface area contributed by atoms with E-state index in [-0.39, 0.29) is 0 Å². The van der Waals surface area contributed by atoms with Gasteiger partial charge < -0.3 is 9.64 Å². The Labute approximate surface area is 168 Å². The second-order valence-electron chi connectivity index (χ2n) is 7.91. The maximum absolute atomic E-state index is 5.41. The number of benzene rings is 1. The summed E-state index contributed by atoms with van der Waals surface area (Å²) in [6.07, 6.45) is 9.80. The van der Waals surface area contributed by atoms with E-state index in [9.17, 15) is 0 Å². The van der Waals surface area contributed by atoms with Gasteiger partial charge in [0, 0.05) is 55.0 Å². The van der Waals surface area contributed by atoms with Crippen molar-refractivity contribution in [2.24, 2.45) is 0 Å². The molecular weight excluding hydrogens is 348 g/mol. The number of likely N-dealkylation sites (tertiary alicyclic amines) is 1. The maximum Gasteiger partial charge on any atom is 0.131 e. The van der Waals surface area contributed by atoms with Gasteiger partial charge in [-0.05, 0) is 39.0 Å². The van der Waals surface area contributed by atoms with E-state index in [1.165, 1.54) is 11.3 Å². The SMILES string of the molecule is COc1ccccc1C=CCN1CCC(c2ncc3c(n2)CCN(C)C3)CC1. The van der Waals surface area contributed by atoms with Gasteiger partial charge in [0.05, 0.1) is 7.11 Å². The Morgan fingerprint density at radius 3 is 2.82 bits per heavy atom. The highest BCUT2D eigenvalue weighted by Gasteiger charge is 2.24. The first-order chi connectivity index (χ1) is 13.7. The van der Waals surface area contributed by atoms with Gasteiger partial charge in [-0.25, -0.2) is 9.97 Å². The standard InChI is InChI=1S/C23H30N4O/c1-26-13-11-21-20(17-26)16-24-23(25-21)19-9-14-27(15-10-19)12-5-7-18-6-3-4-8-22(18)28-2/h3-8,16,19H,9-15,17H2,1-2H3. The van der Waals surface area contributed by atoms with Crippen LogP contribution in [0, 0.1) is 0 Å². The van der Waals surface area contributed by atoms with Crippen molar-refractivity contribution in [2.75, 3.05) is 40.3 Å². The Bertz CT molecular complexity index is 827. The average molecular weight is 379 g/mol. The molecule has 4 rings (SSSR count). The molecule has 0 radical (unpaired) electrons. The molecule has 0 unspecified atom stereocenters. The van der Waals surface area contributed by atoms with Crippen LogP contribution in [0.1, 0.15) is 41.4 Å². The minimum absolute atomic E-state index is 0.499. The summed E-state index contributed by atoms with van der Waals surface area (Å²) in [6.45, 7) is 5.25. The van der Waals surface area contributed by atoms with Crippen LogP contribution in [0.2, 0.25) is 0 Å². The lowest BCUT2D eigenvalue weighted by Gasteiger charge is -2.31. The summed E-state index contributed by atoms with van der Waals surface area (Å²) in [5, 5.41) is 0. The average Bonchev–Trinajstić information content (AvgIpc) is 2.74. The molecule has 2 aromatic rings. The zero-order valence-electron chi connectivity index (χ0n) is 17.0. The third kappa shape index (κ3) is 4.42. The molecule has 5 heteroatoms. The number of para-hydroxylation sites is 1. The molecule has 1 aromatic carbocycles. The largest absolute Gasteiger partial charge is 0.496 e. The molecule has 0 bridgehead atoms. The van der Waals surface area contributed by atoms with Crippen molar-refractivity contribution >= 4 is 6.08 Å². The van der Waals surface area contributed by atoms with E-state index in [0.717, 1.165) is 69.1 Å². The van der Waals surface area contributed by atoms with Gasteiger partial charge in [-0.3, -0.25) is 4.90 Å². The van der Waals surface area contributed by atoms with Gasteiger partial charge in [0.15, 0.2) is 0 Å². The minimum Gasteiger partial charge on any atom is -0.496 e. The Morgan fingerprint density at radius 2 is 2.00 bits per heavy atom. The van der Waals surface area contributed by atoms with E-state index >= 15 is 0 Å². The zero-order chi connectivity index (χ0) is 19.3. The number of hydrogen-bond donors (Lipinski definition) is 0. The lowest BCUT2D eigenvalue weighted by molar-refractivity contribution is 0.228. The van der Waals surface area contributed by atoms with E-state index < -0.39 is 0 Å². The van der Waals surface area contributed by atoms with Crippen molar-refractivity contribution in [2.45, 2.75) is 31.7 Å². The fraction of sp³-hybridized carbons (Fsp3) is 0.478. The predicted octanol–water partition coefficient (Wildman–Crippen LogP) is 3.37. The van der Waals surface area contributed by atoms with Crippen LogP contribution in [0.3, 0.4) is 0 Å². The molecule has 0 atom stereocenters. The van der Waals surface area contributed by atoms with Crippen LogP contribution in [-0.2, 0) is 13.0 Å². The summed E-state index contributed by atoms with van der Waals surface area (Å²) in [7, 11) is 3.88. The summed E-state index contributed by atoms with van der Waals surface area (Å²) in [4.78, 5) is 14.5. The topological polar surface area (TPSA) is 41.5 Å². The van der Waals surface area contributed by atoms with Crippen molar-refractivity contribution in [1.82, 2.24) is 19.8 Å². The summed E-state index contributed by atoms with van der Waals surface area (Å²) in [6, 6.07) is 8.14. The summed E-state index contributed by atoms with van der Waals surface area (Å²) < 4.78 is 5.41. The second kappa shape index (κ2) is 8.84. The molecule has 0 aliphatic carbocycles. The normalized spacial score (nSPS) is 19.1. The van der Waals surface area contributed by atoms with Gasteiger partial charge in [0.1, 0.15) is 11.6 Å². The number of aromatic nitrogens is 2. The van der Waals surface area contributed by atoms with Gasteiger partial charge in [0.25, 0.3) is 0 Å². The number of piperidine rings is 1. The quantitative estimate of drug-likeness (QED) is 0.798. The van der Waals surface area contributed by atoms with E-state index in [0.29, 0.717) is 5.92 Å². The van der Waals surface area contributed by atoms with Gasteiger partial charge in [-0.2, -0.15) is 0 Å². The number of rotatable bonds is 5. The van der Waals surface area contributed by atoms with Crippen LogP contribution in [0.15, 0.2) is 36.5 Å². The molecule has 1 fully saturated rings. The van der Waals surface area contributed by atoms with Crippen molar-refractivity contribution in [3.8, 4) is 5.75 Å². The van der Waals surface area contributed by atoms with Gasteiger partial charge in [-0.15, -0.1) is 0 Å². The molecule has 1 aromatic heterocycles. The van der Waals surface area contributed by atoms with Gasteiger partial charge >= 0.3 is 0 Å². The van der Waals surface area contributed by atoms with Crippen LogP contribution >= 0.6 is 0 Å². The first kappa shape index (κ1) is 19.1. The van der Waals surface area contributed by atoms with Gasteiger partial charge in [0.2, 0.25) is 0 Å². The highest BCUT2D eigenvalue weighted by atomic mass is 16.5. The molecule has 0 saturated carbocycles. The summed E-state index contributed by atoms with van der Waals surface area (Å²) >= 11 is 0. The fourth-order valence-corrected chi connectivity index (χ4v) is 4.18. The lowest BCUT2D eigenvalue weighted by Crippen LogP contribution is -2.34. The molecule has 2 aliphatic rings. The maximum atomic E-state index is 5.41. The molecule has 0 N–H and O–H groups in total. The predicted molar refractivity (Wildman–Crippen MR) is 113 cm³/mol. The molecule has 3 heterocycles. The van der Waals surface area contributed by atoms with Crippen molar-refractivity contribution in [3.05, 3.63) is 59.2 Å². The Balaban J connectivity index is 1.31. The number of fused-ring (bicyclic) bond motifs is 1. The second-order valence-corrected chi connectivity index (χ2v) is 7.91. The van der Waals surface area contributed by atoms with Crippen molar-refractivity contribution < 1.29 is 4.74 Å². The summed E-state index contributed by atoms with van der Waals surface area (Å²) in [5.41, 5.74) is 3.70. The van der Waals surface area contributed by atoms with Crippen LogP contribution in [0.4, 0.5) is 0 Å². The molecule has 5 nitrogen and oxygen atoms in total. The minimum atomic E-state index is 0.499. The Morgan fingerprint density at radius 1 is 1.18 bits per heavy atom. The molecule has 0 spiro atoms. The van der Waals surface area contributed by atoms with Crippen LogP contribution < -0.4 is 4.74 Å². The van der Waals surface area contributed by atoms with Gasteiger partial charge in [-0.1, -0.05) is 30.4 Å². The number of methoxy groups -OCH3 is 1. The molecular formula is C23H30N4O. The first-order valence-corrected chi connectivity index (χ1v) is 10.3. The first-order valence-electron chi connectivity index (χ1n) is 10.3. The van der Waals surface area contributed by atoms with E-state index in [2.05, 4.69) is 41.3 Å². The van der Waals surface area contributed by atoms with Crippen LogP contribution in [-0.4, -0.2) is 60.1 Å². The lowest BCUT2D eigenvalue weighted by atomic mass is 9.95.